The second-order valence-corrected chi connectivity index (χ2v) is 8.50. The van der Waals surface area contributed by atoms with Gasteiger partial charge in [-0.25, -0.2) is 9.79 Å². The molecule has 0 aliphatic carbocycles. The van der Waals surface area contributed by atoms with E-state index in [1.54, 1.807) is 37.3 Å². The van der Waals surface area contributed by atoms with Crippen LogP contribution in [-0.4, -0.2) is 23.9 Å². The molecule has 0 saturated carbocycles. The highest BCUT2D eigenvalue weighted by atomic mass is 127. The third kappa shape index (κ3) is 4.93. The van der Waals surface area contributed by atoms with Crippen LogP contribution in [0.3, 0.4) is 0 Å². The van der Waals surface area contributed by atoms with Crippen LogP contribution >= 0.6 is 22.6 Å². The molecule has 0 N–H and O–H groups in total. The first-order valence-electron chi connectivity index (χ1n) is 10.2. The first-order chi connectivity index (χ1) is 16.4. The number of cyclic esters (lactones) is 1. The molecule has 8 nitrogen and oxygen atoms in total. The summed E-state index contributed by atoms with van der Waals surface area (Å²) in [4.78, 5) is 27.4. The maximum absolute atomic E-state index is 12.4. The van der Waals surface area contributed by atoms with Gasteiger partial charge in [0, 0.05) is 26.3 Å². The maximum Gasteiger partial charge on any atom is 0.363 e. The van der Waals surface area contributed by atoms with Crippen LogP contribution in [0.4, 0.5) is 5.69 Å². The number of halogens is 1. The van der Waals surface area contributed by atoms with Gasteiger partial charge in [-0.1, -0.05) is 30.3 Å². The van der Waals surface area contributed by atoms with Gasteiger partial charge in [0.15, 0.2) is 17.2 Å². The summed E-state index contributed by atoms with van der Waals surface area (Å²) < 4.78 is 17.8. The molecule has 9 heteroatoms. The number of nitro benzene ring substituents is 1. The fourth-order valence-electron chi connectivity index (χ4n) is 3.40. The van der Waals surface area contributed by atoms with Crippen molar-refractivity contribution in [1.82, 2.24) is 0 Å². The Morgan fingerprint density at radius 2 is 1.91 bits per heavy atom. The molecular weight excluding hydrogens is 551 g/mol. The van der Waals surface area contributed by atoms with Crippen LogP contribution in [-0.2, 0) is 16.1 Å². The number of methoxy groups -OCH3 is 1. The predicted octanol–water partition coefficient (Wildman–Crippen LogP) is 5.44. The minimum absolute atomic E-state index is 0.0295. The first-order valence-corrected chi connectivity index (χ1v) is 11.3. The molecule has 34 heavy (non-hydrogen) atoms. The van der Waals surface area contributed by atoms with Crippen molar-refractivity contribution >= 4 is 46.2 Å². The highest BCUT2D eigenvalue weighted by Crippen LogP contribution is 2.31. The van der Waals surface area contributed by atoms with Crippen molar-refractivity contribution < 1.29 is 23.9 Å². The number of nitrogens with zero attached hydrogens (tertiary/aromatic N) is 2. The molecule has 3 aromatic carbocycles. The Hall–Kier alpha value is -3.73. The molecule has 0 atom stereocenters. The van der Waals surface area contributed by atoms with Crippen LogP contribution in [0.25, 0.3) is 6.08 Å². The van der Waals surface area contributed by atoms with Crippen molar-refractivity contribution in [2.24, 2.45) is 4.99 Å². The van der Waals surface area contributed by atoms with Gasteiger partial charge in [0.2, 0.25) is 5.90 Å². The number of esters is 1. The molecule has 0 unspecified atom stereocenters. The Morgan fingerprint density at radius 3 is 2.65 bits per heavy atom. The molecule has 1 aliphatic heterocycles. The predicted molar refractivity (Wildman–Crippen MR) is 135 cm³/mol. The summed E-state index contributed by atoms with van der Waals surface area (Å²) in [6.07, 6.45) is 1.56. The van der Waals surface area contributed by atoms with E-state index in [0.717, 1.165) is 9.13 Å². The number of ether oxygens (including phenoxy) is 3. The van der Waals surface area contributed by atoms with E-state index in [0.29, 0.717) is 34.8 Å². The van der Waals surface area contributed by atoms with Crippen molar-refractivity contribution in [2.45, 2.75) is 13.5 Å². The topological polar surface area (TPSA) is 100 Å². The molecule has 1 aliphatic rings. The van der Waals surface area contributed by atoms with E-state index in [4.69, 9.17) is 14.2 Å². The van der Waals surface area contributed by atoms with Crippen LogP contribution in [0.5, 0.6) is 11.5 Å². The fraction of sp³-hybridized carbons (Fsp3) is 0.120. The number of aliphatic imine (C=N–C) groups is 1. The zero-order chi connectivity index (χ0) is 24.2. The van der Waals surface area contributed by atoms with Gasteiger partial charge in [-0.15, -0.1) is 0 Å². The van der Waals surface area contributed by atoms with Gasteiger partial charge in [0.05, 0.1) is 12.0 Å². The number of benzene rings is 3. The molecule has 172 valence electrons. The van der Waals surface area contributed by atoms with Crippen LogP contribution in [0.15, 0.2) is 71.4 Å². The summed E-state index contributed by atoms with van der Waals surface area (Å²) in [6.45, 7) is 1.98. The number of hydrogen-bond acceptors (Lipinski definition) is 7. The molecule has 0 amide bonds. The first kappa shape index (κ1) is 23.4. The highest BCUT2D eigenvalue weighted by Gasteiger charge is 2.27. The lowest BCUT2D eigenvalue weighted by Gasteiger charge is -2.12. The van der Waals surface area contributed by atoms with Gasteiger partial charge in [0.25, 0.3) is 5.69 Å². The van der Waals surface area contributed by atoms with Gasteiger partial charge in [0.1, 0.15) is 6.61 Å². The van der Waals surface area contributed by atoms with Crippen LogP contribution < -0.4 is 9.47 Å². The lowest BCUT2D eigenvalue weighted by atomic mass is 10.1. The second-order valence-electron chi connectivity index (χ2n) is 7.33. The Labute approximate surface area is 209 Å². The molecule has 1 heterocycles. The van der Waals surface area contributed by atoms with E-state index in [1.165, 1.54) is 19.2 Å². The number of carbonyl (C=O) groups is 1. The summed E-state index contributed by atoms with van der Waals surface area (Å²) in [5, 5.41) is 11.2. The summed E-state index contributed by atoms with van der Waals surface area (Å²) in [6, 6.07) is 17.7. The quantitative estimate of drug-likeness (QED) is 0.123. The highest BCUT2D eigenvalue weighted by molar-refractivity contribution is 14.1. The van der Waals surface area contributed by atoms with Crippen LogP contribution in [0.1, 0.15) is 22.3 Å². The molecule has 0 aromatic heterocycles. The van der Waals surface area contributed by atoms with E-state index in [-0.39, 0.29) is 17.3 Å². The monoisotopic (exact) mass is 570 g/mol. The molecule has 0 fully saturated rings. The molecule has 0 radical (unpaired) electrons. The SMILES string of the molecule is COc1cc(/C=C2\N=C(c3cccc([N+](=O)[O-])c3C)OC2=O)ccc1OCc1ccccc1I. The zero-order valence-corrected chi connectivity index (χ0v) is 20.4. The number of nitro groups is 1. The van der Waals surface area contributed by atoms with Crippen molar-refractivity contribution in [1.29, 1.82) is 0 Å². The smallest absolute Gasteiger partial charge is 0.363 e. The Kier molecular flexibility index (Phi) is 6.92. The summed E-state index contributed by atoms with van der Waals surface area (Å²) in [7, 11) is 1.54. The van der Waals surface area contributed by atoms with Crippen molar-refractivity contribution in [3.8, 4) is 11.5 Å². The van der Waals surface area contributed by atoms with Crippen LogP contribution in [0.2, 0.25) is 0 Å². The average Bonchev–Trinajstić information content (AvgIpc) is 3.18. The summed E-state index contributed by atoms with van der Waals surface area (Å²) >= 11 is 2.26. The third-order valence-electron chi connectivity index (χ3n) is 5.18. The summed E-state index contributed by atoms with van der Waals surface area (Å²) in [5.74, 6) is 0.459. The Balaban J connectivity index is 1.58. The minimum atomic E-state index is -0.640. The van der Waals surface area contributed by atoms with Gasteiger partial charge < -0.3 is 14.2 Å². The molecular formula is C25H19IN2O6. The molecule has 0 spiro atoms. The minimum Gasteiger partial charge on any atom is -0.493 e. The number of rotatable bonds is 7. The van der Waals surface area contributed by atoms with E-state index in [2.05, 4.69) is 27.6 Å². The molecule has 4 rings (SSSR count). The van der Waals surface area contributed by atoms with E-state index >= 15 is 0 Å². The van der Waals surface area contributed by atoms with Crippen LogP contribution in [0, 0.1) is 20.6 Å². The lowest BCUT2D eigenvalue weighted by molar-refractivity contribution is -0.385. The number of carbonyl (C=O) groups excluding carboxylic acids is 1. The third-order valence-corrected chi connectivity index (χ3v) is 6.24. The van der Waals surface area contributed by atoms with Gasteiger partial charge >= 0.3 is 5.97 Å². The van der Waals surface area contributed by atoms with E-state index in [1.807, 2.05) is 24.3 Å². The molecule has 0 saturated heterocycles. The van der Waals surface area contributed by atoms with E-state index in [9.17, 15) is 14.9 Å². The summed E-state index contributed by atoms with van der Waals surface area (Å²) in [5.41, 5.74) is 2.49. The molecule has 0 bridgehead atoms. The van der Waals surface area contributed by atoms with Crippen molar-refractivity contribution in [3.05, 3.63) is 102 Å². The Bertz CT molecular complexity index is 1350. The van der Waals surface area contributed by atoms with Gasteiger partial charge in [-0.3, -0.25) is 10.1 Å². The van der Waals surface area contributed by atoms with Crippen molar-refractivity contribution in [3.63, 3.8) is 0 Å². The standard InChI is InChI=1S/C25H19IN2O6/c1-15-18(7-5-9-21(15)28(30)31)24-27-20(25(29)34-24)12-16-10-11-22(23(13-16)32-2)33-14-17-6-3-4-8-19(17)26/h3-13H,14H2,1-2H3/b20-12-. The zero-order valence-electron chi connectivity index (χ0n) is 18.3. The normalized spacial score (nSPS) is 14.0. The molecule has 3 aromatic rings. The number of hydrogen-bond donors (Lipinski definition) is 0. The average molecular weight is 570 g/mol. The lowest BCUT2D eigenvalue weighted by Crippen LogP contribution is -2.08. The largest absolute Gasteiger partial charge is 0.493 e. The second kappa shape index (κ2) is 10.0. The van der Waals surface area contributed by atoms with Gasteiger partial charge in [-0.05, 0) is 65.4 Å². The van der Waals surface area contributed by atoms with E-state index < -0.39 is 10.9 Å². The van der Waals surface area contributed by atoms with Crippen molar-refractivity contribution in [2.75, 3.05) is 7.11 Å². The maximum atomic E-state index is 12.4. The fourth-order valence-corrected chi connectivity index (χ4v) is 3.94. The Morgan fingerprint density at radius 1 is 1.12 bits per heavy atom. The van der Waals surface area contributed by atoms with Gasteiger partial charge in [-0.2, -0.15) is 0 Å².